The Kier molecular flexibility index (Phi) is 2.30. The highest BCUT2D eigenvalue weighted by Crippen LogP contribution is 2.27. The van der Waals surface area contributed by atoms with Crippen molar-refractivity contribution in [2.45, 2.75) is 6.92 Å². The van der Waals surface area contributed by atoms with E-state index >= 15 is 0 Å². The van der Waals surface area contributed by atoms with Gasteiger partial charge in [0.1, 0.15) is 17.3 Å². The molecule has 0 radical (unpaired) electrons. The molecule has 0 fully saturated rings. The smallest absolute Gasteiger partial charge is 0.131 e. The minimum atomic E-state index is 0.691. The van der Waals surface area contributed by atoms with E-state index < -0.39 is 0 Å². The molecule has 0 aliphatic heterocycles. The summed E-state index contributed by atoms with van der Waals surface area (Å²) in [7, 11) is 1.92. The van der Waals surface area contributed by atoms with Gasteiger partial charge in [-0.25, -0.2) is 4.98 Å². The molecule has 0 saturated carbocycles. The zero-order valence-electron chi connectivity index (χ0n) is 10.4. The average molecular weight is 238 g/mol. The van der Waals surface area contributed by atoms with Crippen LogP contribution in [0, 0.1) is 6.92 Å². The largest absolute Gasteiger partial charge is 0.383 e. The number of rotatable bonds is 1. The number of benzene rings is 1. The molecule has 18 heavy (non-hydrogen) atoms. The summed E-state index contributed by atoms with van der Waals surface area (Å²) in [6.07, 6.45) is 1.79. The van der Waals surface area contributed by atoms with E-state index in [1.54, 1.807) is 6.20 Å². The molecule has 0 unspecified atom stereocenters. The fourth-order valence-corrected chi connectivity index (χ4v) is 2.06. The molecular weight excluding hydrogens is 224 g/mol. The van der Waals surface area contributed by atoms with Gasteiger partial charge < -0.3 is 10.3 Å². The van der Waals surface area contributed by atoms with Crippen molar-refractivity contribution in [3.05, 3.63) is 42.4 Å². The van der Waals surface area contributed by atoms with Gasteiger partial charge in [-0.05, 0) is 25.1 Å². The number of aryl methyl sites for hydroxylation is 1. The average Bonchev–Trinajstić information content (AvgIpc) is 2.66. The van der Waals surface area contributed by atoms with Crippen molar-refractivity contribution in [1.29, 1.82) is 0 Å². The van der Waals surface area contributed by atoms with Crippen LogP contribution in [0.5, 0.6) is 0 Å². The number of aromatic nitrogens is 3. The minimum absolute atomic E-state index is 0.691. The quantitative estimate of drug-likeness (QED) is 0.708. The lowest BCUT2D eigenvalue weighted by molar-refractivity contribution is 0.868. The SMILES string of the molecule is Cc1nc(-c2ccc3ncccc3c2)c(N)n1C. The van der Waals surface area contributed by atoms with Crippen LogP contribution in [0.3, 0.4) is 0 Å². The standard InChI is InChI=1S/C14H14N4/c1-9-17-13(14(15)18(9)2)11-5-6-12-10(8-11)4-3-7-16-12/h3-8H,15H2,1-2H3. The fourth-order valence-electron chi connectivity index (χ4n) is 2.06. The highest BCUT2D eigenvalue weighted by molar-refractivity contribution is 5.85. The Balaban J connectivity index is 2.22. The first-order chi connectivity index (χ1) is 8.66. The molecule has 90 valence electrons. The van der Waals surface area contributed by atoms with Gasteiger partial charge in [-0.15, -0.1) is 0 Å². The second kappa shape index (κ2) is 3.84. The summed E-state index contributed by atoms with van der Waals surface area (Å²) in [5.74, 6) is 1.60. The van der Waals surface area contributed by atoms with Crippen molar-refractivity contribution < 1.29 is 0 Å². The van der Waals surface area contributed by atoms with Crippen molar-refractivity contribution in [2.24, 2.45) is 7.05 Å². The van der Waals surface area contributed by atoms with E-state index in [0.717, 1.165) is 28.0 Å². The van der Waals surface area contributed by atoms with Crippen molar-refractivity contribution in [3.8, 4) is 11.3 Å². The van der Waals surface area contributed by atoms with E-state index in [9.17, 15) is 0 Å². The summed E-state index contributed by atoms with van der Waals surface area (Å²) in [6, 6.07) is 10.0. The zero-order chi connectivity index (χ0) is 12.7. The predicted molar refractivity (Wildman–Crippen MR) is 73.1 cm³/mol. The van der Waals surface area contributed by atoms with E-state index in [2.05, 4.69) is 16.0 Å². The van der Waals surface area contributed by atoms with Gasteiger partial charge in [0.15, 0.2) is 0 Å². The predicted octanol–water partition coefficient (Wildman–Crippen LogP) is 2.53. The molecule has 1 aromatic carbocycles. The molecule has 0 bridgehead atoms. The number of imidazole rings is 1. The van der Waals surface area contributed by atoms with Gasteiger partial charge in [-0.1, -0.05) is 12.1 Å². The molecule has 0 saturated heterocycles. The fraction of sp³-hybridized carbons (Fsp3) is 0.143. The molecule has 4 nitrogen and oxygen atoms in total. The number of fused-ring (bicyclic) bond motifs is 1. The first-order valence-corrected chi connectivity index (χ1v) is 5.81. The highest BCUT2D eigenvalue weighted by atomic mass is 15.1. The number of hydrogen-bond acceptors (Lipinski definition) is 3. The summed E-state index contributed by atoms with van der Waals surface area (Å²) in [4.78, 5) is 8.81. The van der Waals surface area contributed by atoms with Crippen LogP contribution in [0.1, 0.15) is 5.82 Å². The maximum absolute atomic E-state index is 6.06. The minimum Gasteiger partial charge on any atom is -0.383 e. The van der Waals surface area contributed by atoms with Crippen LogP contribution in [0.15, 0.2) is 36.5 Å². The van der Waals surface area contributed by atoms with E-state index in [1.807, 2.05) is 42.8 Å². The molecule has 2 heterocycles. The van der Waals surface area contributed by atoms with Crippen molar-refractivity contribution >= 4 is 16.7 Å². The molecule has 4 heteroatoms. The normalized spacial score (nSPS) is 11.0. The number of nitrogen functional groups attached to an aromatic ring is 1. The topological polar surface area (TPSA) is 56.7 Å². The summed E-state index contributed by atoms with van der Waals surface area (Å²) in [5.41, 5.74) is 8.90. The third-order valence-corrected chi connectivity index (χ3v) is 3.24. The number of nitrogens with zero attached hydrogens (tertiary/aromatic N) is 3. The van der Waals surface area contributed by atoms with Gasteiger partial charge in [0, 0.05) is 24.2 Å². The first-order valence-electron chi connectivity index (χ1n) is 5.81. The Morgan fingerprint density at radius 3 is 2.78 bits per heavy atom. The highest BCUT2D eigenvalue weighted by Gasteiger charge is 2.11. The van der Waals surface area contributed by atoms with Gasteiger partial charge in [-0.3, -0.25) is 4.98 Å². The Hall–Kier alpha value is -2.36. The van der Waals surface area contributed by atoms with Crippen LogP contribution in [0.2, 0.25) is 0 Å². The van der Waals surface area contributed by atoms with Gasteiger partial charge >= 0.3 is 0 Å². The number of nitrogens with two attached hydrogens (primary N) is 1. The molecule has 0 spiro atoms. The van der Waals surface area contributed by atoms with Crippen LogP contribution < -0.4 is 5.73 Å². The molecule has 2 N–H and O–H groups in total. The van der Waals surface area contributed by atoms with Crippen molar-refractivity contribution in [3.63, 3.8) is 0 Å². The van der Waals surface area contributed by atoms with Crippen molar-refractivity contribution in [2.75, 3.05) is 5.73 Å². The summed E-state index contributed by atoms with van der Waals surface area (Å²) >= 11 is 0. The lowest BCUT2D eigenvalue weighted by Gasteiger charge is -2.02. The molecule has 0 aliphatic carbocycles. The second-order valence-corrected chi connectivity index (χ2v) is 4.36. The molecule has 3 aromatic rings. The maximum Gasteiger partial charge on any atom is 0.131 e. The van der Waals surface area contributed by atoms with Crippen LogP contribution in [-0.2, 0) is 7.05 Å². The number of hydrogen-bond donors (Lipinski definition) is 1. The van der Waals surface area contributed by atoms with Crippen LogP contribution in [0.4, 0.5) is 5.82 Å². The van der Waals surface area contributed by atoms with Gasteiger partial charge in [0.25, 0.3) is 0 Å². The molecular formula is C14H14N4. The van der Waals surface area contributed by atoms with Gasteiger partial charge in [0.2, 0.25) is 0 Å². The van der Waals surface area contributed by atoms with Crippen LogP contribution in [0.25, 0.3) is 22.2 Å². The Labute approximate surface area is 105 Å². The van der Waals surface area contributed by atoms with E-state index in [-0.39, 0.29) is 0 Å². The molecule has 3 rings (SSSR count). The van der Waals surface area contributed by atoms with Gasteiger partial charge in [-0.2, -0.15) is 0 Å². The molecule has 0 amide bonds. The van der Waals surface area contributed by atoms with E-state index in [4.69, 9.17) is 5.73 Å². The Bertz CT molecular complexity index is 728. The third kappa shape index (κ3) is 1.54. The van der Waals surface area contributed by atoms with Crippen molar-refractivity contribution in [1.82, 2.24) is 14.5 Å². The van der Waals surface area contributed by atoms with Crippen LogP contribution >= 0.6 is 0 Å². The molecule has 0 aliphatic rings. The van der Waals surface area contributed by atoms with Gasteiger partial charge in [0.05, 0.1) is 5.52 Å². The summed E-state index contributed by atoms with van der Waals surface area (Å²) in [6.45, 7) is 1.95. The molecule has 0 atom stereocenters. The second-order valence-electron chi connectivity index (χ2n) is 4.36. The Morgan fingerprint density at radius 1 is 1.22 bits per heavy atom. The number of pyridine rings is 1. The Morgan fingerprint density at radius 2 is 2.06 bits per heavy atom. The maximum atomic E-state index is 6.06. The van der Waals surface area contributed by atoms with E-state index in [1.165, 1.54) is 0 Å². The van der Waals surface area contributed by atoms with Crippen LogP contribution in [-0.4, -0.2) is 14.5 Å². The van der Waals surface area contributed by atoms with E-state index in [0.29, 0.717) is 5.82 Å². The zero-order valence-corrected chi connectivity index (χ0v) is 10.4. The monoisotopic (exact) mass is 238 g/mol. The first kappa shape index (κ1) is 10.8. The third-order valence-electron chi connectivity index (χ3n) is 3.24. The lowest BCUT2D eigenvalue weighted by atomic mass is 10.1. The summed E-state index contributed by atoms with van der Waals surface area (Å²) < 4.78 is 1.89. The molecule has 2 aromatic heterocycles. The number of anilines is 1. The lowest BCUT2D eigenvalue weighted by Crippen LogP contribution is -1.98. The summed E-state index contributed by atoms with van der Waals surface area (Å²) in [5, 5.41) is 1.10.